The largest absolute Gasteiger partial charge is 0.347 e. The van der Waals surface area contributed by atoms with Crippen LogP contribution in [0.15, 0.2) is 42.9 Å². The van der Waals surface area contributed by atoms with Gasteiger partial charge in [0, 0.05) is 48.5 Å². The van der Waals surface area contributed by atoms with Crippen LogP contribution in [0.5, 0.6) is 0 Å². The Balaban J connectivity index is 1.51. The lowest BCUT2D eigenvalue weighted by molar-refractivity contribution is 0.389. The summed E-state index contributed by atoms with van der Waals surface area (Å²) in [5, 5.41) is 8.09. The standard InChI is InChI=1S/C19H24N4O2S/c1-26(24,25)23-8-2-3-15(6-10-23)14-22-9-7-17-11-16(4-5-19(17)22)18-12-20-21-13-18/h4-5,7,9,11-13,15H,2-3,6,8,10,14H2,1H3,(H,20,21). The molecule has 4 rings (SSSR count). The van der Waals surface area contributed by atoms with Crippen LogP contribution in [0, 0.1) is 5.92 Å². The minimum absolute atomic E-state index is 0.505. The number of H-pyrrole nitrogens is 1. The van der Waals surface area contributed by atoms with Crippen LogP contribution in [0.3, 0.4) is 0 Å². The van der Waals surface area contributed by atoms with Crippen LogP contribution < -0.4 is 0 Å². The third-order valence-corrected chi connectivity index (χ3v) is 6.64. The van der Waals surface area contributed by atoms with E-state index < -0.39 is 10.0 Å². The predicted molar refractivity (Wildman–Crippen MR) is 103 cm³/mol. The molecule has 0 bridgehead atoms. The van der Waals surface area contributed by atoms with E-state index in [0.717, 1.165) is 36.9 Å². The molecule has 1 aliphatic heterocycles. The molecule has 6 nitrogen and oxygen atoms in total. The highest BCUT2D eigenvalue weighted by atomic mass is 32.2. The summed E-state index contributed by atoms with van der Waals surface area (Å²) in [6.07, 6.45) is 10.1. The first-order valence-corrected chi connectivity index (χ1v) is 10.9. The Labute approximate surface area is 153 Å². The molecule has 0 spiro atoms. The summed E-state index contributed by atoms with van der Waals surface area (Å²) in [6.45, 7) is 2.22. The third-order valence-electron chi connectivity index (χ3n) is 5.33. The molecule has 0 amide bonds. The molecule has 7 heteroatoms. The number of benzene rings is 1. The Morgan fingerprint density at radius 1 is 1.19 bits per heavy atom. The summed E-state index contributed by atoms with van der Waals surface area (Å²) >= 11 is 0. The van der Waals surface area contributed by atoms with Gasteiger partial charge in [-0.25, -0.2) is 12.7 Å². The van der Waals surface area contributed by atoms with Gasteiger partial charge < -0.3 is 4.57 Å². The smallest absolute Gasteiger partial charge is 0.211 e. The maximum Gasteiger partial charge on any atom is 0.211 e. The van der Waals surface area contributed by atoms with Gasteiger partial charge in [-0.15, -0.1) is 0 Å². The van der Waals surface area contributed by atoms with Crippen LogP contribution in [-0.2, 0) is 16.6 Å². The Morgan fingerprint density at radius 2 is 2.08 bits per heavy atom. The average molecular weight is 372 g/mol. The Morgan fingerprint density at radius 3 is 2.85 bits per heavy atom. The lowest BCUT2D eigenvalue weighted by atomic mass is 10.0. The van der Waals surface area contributed by atoms with Crippen LogP contribution in [-0.4, -0.2) is 46.8 Å². The molecule has 1 N–H and O–H groups in total. The van der Waals surface area contributed by atoms with Crippen molar-refractivity contribution in [3.8, 4) is 11.1 Å². The number of rotatable bonds is 4. The number of aromatic amines is 1. The van der Waals surface area contributed by atoms with E-state index in [1.165, 1.54) is 17.2 Å². The average Bonchev–Trinajstić information content (AvgIpc) is 3.20. The van der Waals surface area contributed by atoms with Gasteiger partial charge >= 0.3 is 0 Å². The second kappa shape index (κ2) is 6.89. The molecule has 0 aliphatic carbocycles. The van der Waals surface area contributed by atoms with Gasteiger partial charge in [0.1, 0.15) is 0 Å². The van der Waals surface area contributed by atoms with Crippen LogP contribution in [0.1, 0.15) is 19.3 Å². The Kier molecular flexibility index (Phi) is 4.58. The van der Waals surface area contributed by atoms with Crippen LogP contribution in [0.4, 0.5) is 0 Å². The van der Waals surface area contributed by atoms with Crippen LogP contribution >= 0.6 is 0 Å². The number of fused-ring (bicyclic) bond motifs is 1. The maximum absolute atomic E-state index is 11.8. The highest BCUT2D eigenvalue weighted by Gasteiger charge is 2.23. The normalized spacial score (nSPS) is 19.7. The molecule has 0 radical (unpaired) electrons. The van der Waals surface area contributed by atoms with Gasteiger partial charge in [0.25, 0.3) is 0 Å². The van der Waals surface area contributed by atoms with Crippen molar-refractivity contribution < 1.29 is 8.42 Å². The van der Waals surface area contributed by atoms with Gasteiger partial charge in [-0.05, 0) is 48.9 Å². The van der Waals surface area contributed by atoms with E-state index >= 15 is 0 Å². The fraction of sp³-hybridized carbons (Fsp3) is 0.421. The van der Waals surface area contributed by atoms with E-state index in [0.29, 0.717) is 19.0 Å². The van der Waals surface area contributed by atoms with Crippen molar-refractivity contribution in [2.45, 2.75) is 25.8 Å². The summed E-state index contributed by atoms with van der Waals surface area (Å²) in [4.78, 5) is 0. The van der Waals surface area contributed by atoms with Gasteiger partial charge in [0.2, 0.25) is 10.0 Å². The summed E-state index contributed by atoms with van der Waals surface area (Å²) in [5.74, 6) is 0.505. The van der Waals surface area contributed by atoms with E-state index in [1.54, 1.807) is 4.31 Å². The van der Waals surface area contributed by atoms with E-state index in [1.807, 2.05) is 12.4 Å². The van der Waals surface area contributed by atoms with Crippen molar-refractivity contribution in [1.82, 2.24) is 19.1 Å². The van der Waals surface area contributed by atoms with E-state index in [4.69, 9.17) is 0 Å². The van der Waals surface area contributed by atoms with Gasteiger partial charge in [-0.3, -0.25) is 5.10 Å². The van der Waals surface area contributed by atoms with Gasteiger partial charge in [0.05, 0.1) is 12.5 Å². The lowest BCUT2D eigenvalue weighted by Gasteiger charge is -2.18. The fourth-order valence-corrected chi connectivity index (χ4v) is 4.78. The summed E-state index contributed by atoms with van der Waals surface area (Å²) in [5.41, 5.74) is 3.47. The minimum Gasteiger partial charge on any atom is -0.347 e. The molecule has 1 aliphatic rings. The quantitative estimate of drug-likeness (QED) is 0.765. The first-order chi connectivity index (χ1) is 12.5. The monoisotopic (exact) mass is 372 g/mol. The molecular weight excluding hydrogens is 348 g/mol. The van der Waals surface area contributed by atoms with Crippen LogP contribution in [0.2, 0.25) is 0 Å². The molecule has 1 unspecified atom stereocenters. The molecule has 3 aromatic rings. The number of nitrogens with one attached hydrogen (secondary N) is 1. The molecule has 3 heterocycles. The molecule has 26 heavy (non-hydrogen) atoms. The van der Waals surface area contributed by atoms with Crippen molar-refractivity contribution >= 4 is 20.9 Å². The number of hydrogen-bond donors (Lipinski definition) is 1. The Bertz CT molecular complexity index is 992. The Hall–Kier alpha value is -2.12. The third kappa shape index (κ3) is 3.54. The summed E-state index contributed by atoms with van der Waals surface area (Å²) < 4.78 is 27.5. The molecule has 1 saturated heterocycles. The van der Waals surface area contributed by atoms with E-state index in [9.17, 15) is 8.42 Å². The first-order valence-electron chi connectivity index (χ1n) is 9.04. The first kappa shape index (κ1) is 17.3. The molecule has 2 aromatic heterocycles. The summed E-state index contributed by atoms with van der Waals surface area (Å²) in [7, 11) is -3.08. The fourth-order valence-electron chi connectivity index (χ4n) is 3.88. The highest BCUT2D eigenvalue weighted by Crippen LogP contribution is 2.27. The molecule has 0 saturated carbocycles. The lowest BCUT2D eigenvalue weighted by Crippen LogP contribution is -2.31. The molecule has 1 aromatic carbocycles. The van der Waals surface area contributed by atoms with Gasteiger partial charge in [0.15, 0.2) is 0 Å². The topological polar surface area (TPSA) is 71.0 Å². The van der Waals surface area contributed by atoms with Crippen molar-refractivity contribution in [2.24, 2.45) is 5.92 Å². The zero-order valence-corrected chi connectivity index (χ0v) is 15.7. The second-order valence-corrected chi connectivity index (χ2v) is 9.17. The van der Waals surface area contributed by atoms with Crippen LogP contribution in [0.25, 0.3) is 22.0 Å². The van der Waals surface area contributed by atoms with E-state index in [-0.39, 0.29) is 0 Å². The number of sulfonamides is 1. The second-order valence-electron chi connectivity index (χ2n) is 7.19. The van der Waals surface area contributed by atoms with Gasteiger partial charge in [-0.1, -0.05) is 6.07 Å². The van der Waals surface area contributed by atoms with Crippen molar-refractivity contribution in [1.29, 1.82) is 0 Å². The molecular formula is C19H24N4O2S. The van der Waals surface area contributed by atoms with E-state index in [2.05, 4.69) is 45.2 Å². The number of aromatic nitrogens is 3. The van der Waals surface area contributed by atoms with Crippen molar-refractivity contribution in [2.75, 3.05) is 19.3 Å². The maximum atomic E-state index is 11.8. The van der Waals surface area contributed by atoms with Crippen molar-refractivity contribution in [3.63, 3.8) is 0 Å². The highest BCUT2D eigenvalue weighted by molar-refractivity contribution is 7.88. The molecule has 1 atom stereocenters. The predicted octanol–water partition coefficient (Wildman–Crippen LogP) is 3.09. The molecule has 1 fully saturated rings. The zero-order valence-electron chi connectivity index (χ0n) is 14.9. The number of nitrogens with zero attached hydrogens (tertiary/aromatic N) is 3. The van der Waals surface area contributed by atoms with Gasteiger partial charge in [-0.2, -0.15) is 5.10 Å². The summed E-state index contributed by atoms with van der Waals surface area (Å²) in [6, 6.07) is 8.63. The number of hydrogen-bond acceptors (Lipinski definition) is 3. The molecule has 138 valence electrons. The SMILES string of the molecule is CS(=O)(=O)N1CCCC(Cn2ccc3cc(-c4cn[nH]c4)ccc32)CC1. The minimum atomic E-state index is -3.08. The van der Waals surface area contributed by atoms with Crippen molar-refractivity contribution in [3.05, 3.63) is 42.9 Å². The zero-order chi connectivity index (χ0) is 18.1.